The quantitative estimate of drug-likeness (QED) is 0.794. The fourth-order valence-corrected chi connectivity index (χ4v) is 2.57. The second kappa shape index (κ2) is 6.20. The third-order valence-corrected chi connectivity index (χ3v) is 4.09. The molecule has 3 N–H and O–H groups in total. The maximum Gasteiger partial charge on any atom is 0.253 e. The van der Waals surface area contributed by atoms with Crippen LogP contribution in [0.2, 0.25) is 0 Å². The lowest BCUT2D eigenvalue weighted by Gasteiger charge is -2.36. The highest BCUT2D eigenvalue weighted by atomic mass is 16.3. The van der Waals surface area contributed by atoms with Gasteiger partial charge in [-0.25, -0.2) is 0 Å². The molecule has 114 valence electrons. The van der Waals surface area contributed by atoms with Gasteiger partial charge in [-0.15, -0.1) is 0 Å². The van der Waals surface area contributed by atoms with E-state index in [1.54, 1.807) is 6.07 Å². The van der Waals surface area contributed by atoms with Gasteiger partial charge in [-0.1, -0.05) is 30.3 Å². The molecule has 1 aliphatic rings. The van der Waals surface area contributed by atoms with E-state index in [2.05, 4.69) is 10.6 Å². The predicted octanol–water partition coefficient (Wildman–Crippen LogP) is 3.08. The number of para-hydroxylation sites is 2. The van der Waals surface area contributed by atoms with Crippen molar-refractivity contribution in [3.05, 3.63) is 60.2 Å². The van der Waals surface area contributed by atoms with Crippen LogP contribution in [0.3, 0.4) is 0 Å². The lowest BCUT2D eigenvalue weighted by molar-refractivity contribution is -0.0300. The molecule has 3 rings (SSSR count). The Kier molecular flexibility index (Phi) is 4.11. The molecule has 4 heteroatoms. The molecule has 22 heavy (non-hydrogen) atoms. The number of carbonyl (C=O) groups is 1. The number of amides is 1. The van der Waals surface area contributed by atoms with Gasteiger partial charge in [0.25, 0.3) is 5.91 Å². The van der Waals surface area contributed by atoms with Crippen molar-refractivity contribution < 1.29 is 9.90 Å². The van der Waals surface area contributed by atoms with Gasteiger partial charge in [-0.05, 0) is 43.5 Å². The summed E-state index contributed by atoms with van der Waals surface area (Å²) in [7, 11) is 0. The third-order valence-electron chi connectivity index (χ3n) is 4.09. The highest BCUT2D eigenvalue weighted by molar-refractivity contribution is 6.00. The number of hydrogen-bond donors (Lipinski definition) is 3. The van der Waals surface area contributed by atoms with E-state index < -0.39 is 5.60 Å². The lowest BCUT2D eigenvalue weighted by Crippen LogP contribution is -2.47. The number of hydrogen-bond acceptors (Lipinski definition) is 3. The topological polar surface area (TPSA) is 61.4 Å². The molecule has 0 radical (unpaired) electrons. The van der Waals surface area contributed by atoms with Gasteiger partial charge >= 0.3 is 0 Å². The van der Waals surface area contributed by atoms with Crippen LogP contribution in [-0.2, 0) is 0 Å². The predicted molar refractivity (Wildman–Crippen MR) is 87.3 cm³/mol. The molecule has 0 bridgehead atoms. The Balaban J connectivity index is 1.71. The second-order valence-corrected chi connectivity index (χ2v) is 5.80. The Morgan fingerprint density at radius 2 is 1.73 bits per heavy atom. The zero-order valence-electron chi connectivity index (χ0n) is 12.4. The van der Waals surface area contributed by atoms with Crippen molar-refractivity contribution in [2.45, 2.75) is 24.9 Å². The number of benzene rings is 2. The van der Waals surface area contributed by atoms with Crippen LogP contribution in [0.1, 0.15) is 29.6 Å². The summed E-state index contributed by atoms with van der Waals surface area (Å²) in [5, 5.41) is 16.2. The summed E-state index contributed by atoms with van der Waals surface area (Å²) >= 11 is 0. The number of aliphatic hydroxyl groups is 1. The highest BCUT2D eigenvalue weighted by Gasteiger charge is 2.34. The highest BCUT2D eigenvalue weighted by Crippen LogP contribution is 2.30. The summed E-state index contributed by atoms with van der Waals surface area (Å²) in [6.45, 7) is 0.311. The van der Waals surface area contributed by atoms with Gasteiger partial charge in [0, 0.05) is 12.2 Å². The van der Waals surface area contributed by atoms with Crippen LogP contribution in [0.15, 0.2) is 54.6 Å². The van der Waals surface area contributed by atoms with Crippen LogP contribution in [0.25, 0.3) is 0 Å². The van der Waals surface area contributed by atoms with Gasteiger partial charge in [-0.3, -0.25) is 4.79 Å². The van der Waals surface area contributed by atoms with Crippen LogP contribution < -0.4 is 10.6 Å². The molecule has 2 aromatic rings. The van der Waals surface area contributed by atoms with E-state index in [-0.39, 0.29) is 5.91 Å². The van der Waals surface area contributed by atoms with Gasteiger partial charge in [-0.2, -0.15) is 0 Å². The van der Waals surface area contributed by atoms with Crippen molar-refractivity contribution in [2.75, 3.05) is 11.9 Å². The van der Waals surface area contributed by atoms with Crippen LogP contribution in [0.4, 0.5) is 11.4 Å². The molecule has 0 aliphatic heterocycles. The Morgan fingerprint density at radius 3 is 2.41 bits per heavy atom. The van der Waals surface area contributed by atoms with Gasteiger partial charge in [0.15, 0.2) is 0 Å². The number of carbonyl (C=O) groups excluding carboxylic acids is 1. The van der Waals surface area contributed by atoms with E-state index in [1.807, 2.05) is 48.5 Å². The molecular formula is C18H20N2O2. The van der Waals surface area contributed by atoms with Crippen LogP contribution in [0.5, 0.6) is 0 Å². The van der Waals surface area contributed by atoms with Crippen LogP contribution in [0, 0.1) is 0 Å². The average molecular weight is 296 g/mol. The maximum absolute atomic E-state index is 12.4. The van der Waals surface area contributed by atoms with Crippen molar-refractivity contribution in [2.24, 2.45) is 0 Å². The van der Waals surface area contributed by atoms with E-state index in [0.29, 0.717) is 12.1 Å². The smallest absolute Gasteiger partial charge is 0.253 e. The molecule has 0 saturated heterocycles. The fraction of sp³-hybridized carbons (Fsp3) is 0.278. The third kappa shape index (κ3) is 3.28. The van der Waals surface area contributed by atoms with E-state index in [0.717, 1.165) is 30.6 Å². The summed E-state index contributed by atoms with van der Waals surface area (Å²) in [6.07, 6.45) is 2.55. The normalized spacial score (nSPS) is 15.7. The Bertz CT molecular complexity index is 651. The second-order valence-electron chi connectivity index (χ2n) is 5.80. The van der Waals surface area contributed by atoms with E-state index >= 15 is 0 Å². The minimum atomic E-state index is -0.711. The monoisotopic (exact) mass is 296 g/mol. The van der Waals surface area contributed by atoms with Gasteiger partial charge in [0.2, 0.25) is 0 Å². The van der Waals surface area contributed by atoms with Crippen molar-refractivity contribution in [3.63, 3.8) is 0 Å². The summed E-state index contributed by atoms with van der Waals surface area (Å²) in [5.74, 6) is -0.167. The molecule has 1 amide bonds. The molecular weight excluding hydrogens is 276 g/mol. The Hall–Kier alpha value is -2.33. The summed E-state index contributed by atoms with van der Waals surface area (Å²) < 4.78 is 0. The molecule has 0 unspecified atom stereocenters. The van der Waals surface area contributed by atoms with Crippen LogP contribution >= 0.6 is 0 Å². The standard InChI is InChI=1S/C18H20N2O2/c21-17(19-13-18(22)11-6-12-18)15-9-4-5-10-16(15)20-14-7-2-1-3-8-14/h1-5,7-10,20,22H,6,11-13H2,(H,19,21). The van der Waals surface area contributed by atoms with Crippen molar-refractivity contribution in [3.8, 4) is 0 Å². The molecule has 1 saturated carbocycles. The zero-order chi connectivity index (χ0) is 15.4. The van der Waals surface area contributed by atoms with Crippen LogP contribution in [-0.4, -0.2) is 23.2 Å². The molecule has 0 heterocycles. The van der Waals surface area contributed by atoms with Crippen molar-refractivity contribution in [1.29, 1.82) is 0 Å². The first-order valence-electron chi connectivity index (χ1n) is 7.58. The molecule has 1 aliphatic carbocycles. The van der Waals surface area contributed by atoms with Gasteiger partial charge in [0.05, 0.1) is 16.9 Å². The van der Waals surface area contributed by atoms with Gasteiger partial charge in [0.1, 0.15) is 0 Å². The molecule has 0 aromatic heterocycles. The molecule has 0 atom stereocenters. The molecule has 4 nitrogen and oxygen atoms in total. The first-order chi connectivity index (χ1) is 10.7. The number of nitrogens with one attached hydrogen (secondary N) is 2. The van der Waals surface area contributed by atoms with E-state index in [1.165, 1.54) is 0 Å². The zero-order valence-corrected chi connectivity index (χ0v) is 12.4. The van der Waals surface area contributed by atoms with Crippen molar-refractivity contribution >= 4 is 17.3 Å². The fourth-order valence-electron chi connectivity index (χ4n) is 2.57. The average Bonchev–Trinajstić information content (AvgIpc) is 2.52. The maximum atomic E-state index is 12.4. The molecule has 1 fully saturated rings. The minimum absolute atomic E-state index is 0.167. The largest absolute Gasteiger partial charge is 0.388 e. The SMILES string of the molecule is O=C(NCC1(O)CCC1)c1ccccc1Nc1ccccc1. The number of rotatable bonds is 5. The summed E-state index contributed by atoms with van der Waals surface area (Å²) in [4.78, 5) is 12.4. The minimum Gasteiger partial charge on any atom is -0.388 e. The summed E-state index contributed by atoms with van der Waals surface area (Å²) in [6, 6.07) is 17.1. The lowest BCUT2D eigenvalue weighted by atomic mass is 9.80. The van der Waals surface area contributed by atoms with E-state index in [4.69, 9.17) is 0 Å². The van der Waals surface area contributed by atoms with Gasteiger partial charge < -0.3 is 15.7 Å². The Morgan fingerprint density at radius 1 is 1.05 bits per heavy atom. The Labute approximate surface area is 130 Å². The first kappa shape index (κ1) is 14.6. The molecule has 0 spiro atoms. The summed E-state index contributed by atoms with van der Waals surface area (Å²) in [5.41, 5.74) is 1.55. The first-order valence-corrected chi connectivity index (χ1v) is 7.58. The van der Waals surface area contributed by atoms with Crippen molar-refractivity contribution in [1.82, 2.24) is 5.32 Å². The molecule has 2 aromatic carbocycles. The van der Waals surface area contributed by atoms with E-state index in [9.17, 15) is 9.90 Å². The number of anilines is 2.